The molecule has 2 rings (SSSR count). The van der Waals surface area contributed by atoms with Crippen molar-refractivity contribution < 1.29 is 4.74 Å². The summed E-state index contributed by atoms with van der Waals surface area (Å²) in [5, 5.41) is 3.23. The Hall–Kier alpha value is -1.59. The Balaban J connectivity index is 1.91. The number of nitrogens with two attached hydrogens (primary N) is 1. The van der Waals surface area contributed by atoms with Gasteiger partial charge in [-0.2, -0.15) is 15.0 Å². The van der Waals surface area contributed by atoms with Crippen LogP contribution in [-0.2, 0) is 0 Å². The van der Waals surface area contributed by atoms with E-state index in [0.29, 0.717) is 18.5 Å². The minimum absolute atomic E-state index is 0.194. The number of nitrogen functional groups attached to an aromatic ring is 1. The minimum atomic E-state index is 0.194. The van der Waals surface area contributed by atoms with Crippen molar-refractivity contribution in [3.05, 3.63) is 0 Å². The van der Waals surface area contributed by atoms with Gasteiger partial charge in [0.25, 0.3) is 0 Å². The molecule has 1 heterocycles. The van der Waals surface area contributed by atoms with Crippen LogP contribution in [-0.4, -0.2) is 28.1 Å². The number of hydrogen-bond acceptors (Lipinski definition) is 6. The number of hydrogen-bond donors (Lipinski definition) is 2. The molecule has 0 aliphatic heterocycles. The second-order valence-electron chi connectivity index (χ2n) is 4.62. The molecule has 0 spiro atoms. The second-order valence-corrected chi connectivity index (χ2v) is 4.62. The minimum Gasteiger partial charge on any atom is -0.464 e. The monoisotopic (exact) mass is 251 g/mol. The molecular formula is C12H21N5O. The lowest BCUT2D eigenvalue weighted by Crippen LogP contribution is -2.19. The van der Waals surface area contributed by atoms with E-state index in [2.05, 4.69) is 20.3 Å². The summed E-state index contributed by atoms with van der Waals surface area (Å²) in [6.07, 6.45) is 6.59. The molecule has 3 N–H and O–H groups in total. The van der Waals surface area contributed by atoms with Gasteiger partial charge in [-0.3, -0.25) is 0 Å². The maximum atomic E-state index is 5.62. The lowest BCUT2D eigenvalue weighted by atomic mass is 9.89. The summed E-state index contributed by atoms with van der Waals surface area (Å²) in [5.74, 6) is 1.42. The first-order valence-electron chi connectivity index (χ1n) is 6.66. The van der Waals surface area contributed by atoms with Crippen LogP contribution in [0.2, 0.25) is 0 Å². The van der Waals surface area contributed by atoms with E-state index in [1.54, 1.807) is 0 Å². The zero-order valence-electron chi connectivity index (χ0n) is 10.9. The Morgan fingerprint density at radius 3 is 2.72 bits per heavy atom. The molecule has 6 nitrogen and oxygen atoms in total. The molecule has 6 heteroatoms. The van der Waals surface area contributed by atoms with Gasteiger partial charge in [-0.1, -0.05) is 19.3 Å². The summed E-state index contributed by atoms with van der Waals surface area (Å²) in [5.41, 5.74) is 5.62. The molecule has 1 aliphatic carbocycles. The molecule has 0 amide bonds. The van der Waals surface area contributed by atoms with Crippen molar-refractivity contribution in [2.75, 3.05) is 24.2 Å². The molecule has 0 aromatic carbocycles. The summed E-state index contributed by atoms with van der Waals surface area (Å²) in [7, 11) is 0. The van der Waals surface area contributed by atoms with Crippen LogP contribution in [0.15, 0.2) is 0 Å². The Kier molecular flexibility index (Phi) is 4.55. The highest BCUT2D eigenvalue weighted by molar-refractivity contribution is 5.32. The molecular weight excluding hydrogens is 230 g/mol. The van der Waals surface area contributed by atoms with Gasteiger partial charge < -0.3 is 15.8 Å². The first-order chi connectivity index (χ1) is 8.78. The topological polar surface area (TPSA) is 86.0 Å². The predicted octanol–water partition coefficient (Wildman–Crippen LogP) is 1.84. The van der Waals surface area contributed by atoms with Crippen LogP contribution in [0, 0.1) is 5.92 Å². The molecule has 0 radical (unpaired) electrons. The third kappa shape index (κ3) is 3.72. The number of nitrogens with zero attached hydrogens (tertiary/aromatic N) is 3. The van der Waals surface area contributed by atoms with Crippen LogP contribution in [0.4, 0.5) is 11.9 Å². The quantitative estimate of drug-likeness (QED) is 0.830. The summed E-state index contributed by atoms with van der Waals surface area (Å²) in [6.45, 7) is 3.30. The van der Waals surface area contributed by atoms with Crippen LogP contribution >= 0.6 is 0 Å². The highest BCUT2D eigenvalue weighted by Gasteiger charge is 2.14. The van der Waals surface area contributed by atoms with Crippen molar-refractivity contribution in [2.45, 2.75) is 39.0 Å². The van der Waals surface area contributed by atoms with Crippen LogP contribution in [0.3, 0.4) is 0 Å². The van der Waals surface area contributed by atoms with Crippen molar-refractivity contribution in [3.8, 4) is 6.01 Å². The van der Waals surface area contributed by atoms with Gasteiger partial charge in [0.05, 0.1) is 6.61 Å². The summed E-state index contributed by atoms with van der Waals surface area (Å²) in [4.78, 5) is 12.1. The van der Waals surface area contributed by atoms with E-state index in [-0.39, 0.29) is 12.0 Å². The largest absolute Gasteiger partial charge is 0.464 e. The van der Waals surface area contributed by atoms with Crippen molar-refractivity contribution in [3.63, 3.8) is 0 Å². The van der Waals surface area contributed by atoms with E-state index < -0.39 is 0 Å². The molecule has 1 aromatic rings. The zero-order valence-corrected chi connectivity index (χ0v) is 10.9. The fourth-order valence-electron chi connectivity index (χ4n) is 2.27. The Morgan fingerprint density at radius 2 is 2.00 bits per heavy atom. The molecule has 18 heavy (non-hydrogen) atoms. The van der Waals surface area contributed by atoms with Gasteiger partial charge in [0.1, 0.15) is 0 Å². The third-order valence-electron chi connectivity index (χ3n) is 3.18. The summed E-state index contributed by atoms with van der Waals surface area (Å²) >= 11 is 0. The van der Waals surface area contributed by atoms with Crippen molar-refractivity contribution in [1.29, 1.82) is 0 Å². The maximum Gasteiger partial charge on any atom is 0.323 e. The fraction of sp³-hybridized carbons (Fsp3) is 0.750. The van der Waals surface area contributed by atoms with E-state index in [9.17, 15) is 0 Å². The first-order valence-corrected chi connectivity index (χ1v) is 6.66. The Morgan fingerprint density at radius 1 is 1.22 bits per heavy atom. The van der Waals surface area contributed by atoms with Gasteiger partial charge in [-0.25, -0.2) is 0 Å². The molecule has 1 aromatic heterocycles. The first kappa shape index (κ1) is 12.9. The van der Waals surface area contributed by atoms with Crippen LogP contribution in [0.1, 0.15) is 39.0 Å². The smallest absolute Gasteiger partial charge is 0.323 e. The van der Waals surface area contributed by atoms with Crippen LogP contribution in [0.5, 0.6) is 6.01 Å². The molecule has 0 atom stereocenters. The third-order valence-corrected chi connectivity index (χ3v) is 3.18. The van der Waals surface area contributed by atoms with E-state index in [0.717, 1.165) is 6.54 Å². The lowest BCUT2D eigenvalue weighted by Gasteiger charge is -2.21. The highest BCUT2D eigenvalue weighted by Crippen LogP contribution is 2.23. The van der Waals surface area contributed by atoms with Gasteiger partial charge in [-0.05, 0) is 25.7 Å². The van der Waals surface area contributed by atoms with Crippen molar-refractivity contribution >= 4 is 11.9 Å². The van der Waals surface area contributed by atoms with Gasteiger partial charge in [-0.15, -0.1) is 0 Å². The van der Waals surface area contributed by atoms with Crippen LogP contribution in [0.25, 0.3) is 0 Å². The van der Waals surface area contributed by atoms with Gasteiger partial charge in [0.15, 0.2) is 0 Å². The van der Waals surface area contributed by atoms with Gasteiger partial charge >= 0.3 is 6.01 Å². The van der Waals surface area contributed by atoms with Gasteiger partial charge in [0.2, 0.25) is 11.9 Å². The number of nitrogens with one attached hydrogen (secondary N) is 1. The average Bonchev–Trinajstić information content (AvgIpc) is 2.37. The molecule has 1 aliphatic rings. The number of rotatable bonds is 5. The Labute approximate surface area is 107 Å². The summed E-state index contributed by atoms with van der Waals surface area (Å²) < 4.78 is 5.24. The normalized spacial score (nSPS) is 16.5. The SMILES string of the molecule is CCOc1nc(N)nc(NCC2CCCCC2)n1. The molecule has 100 valence electrons. The maximum absolute atomic E-state index is 5.62. The standard InChI is InChI=1S/C12H21N5O/c1-2-18-12-16-10(13)15-11(17-12)14-8-9-6-4-3-5-7-9/h9H,2-8H2,1H3,(H3,13,14,15,16,17). The zero-order chi connectivity index (χ0) is 12.8. The molecule has 0 saturated heterocycles. The second kappa shape index (κ2) is 6.37. The average molecular weight is 251 g/mol. The van der Waals surface area contributed by atoms with Crippen molar-refractivity contribution in [1.82, 2.24) is 15.0 Å². The summed E-state index contributed by atoms with van der Waals surface area (Å²) in [6, 6.07) is 0.288. The number of aromatic nitrogens is 3. The molecule has 1 fully saturated rings. The molecule has 0 unspecified atom stereocenters. The molecule has 1 saturated carbocycles. The number of anilines is 2. The van der Waals surface area contributed by atoms with Gasteiger partial charge in [0, 0.05) is 6.54 Å². The highest BCUT2D eigenvalue weighted by atomic mass is 16.5. The lowest BCUT2D eigenvalue weighted by molar-refractivity contribution is 0.312. The molecule has 0 bridgehead atoms. The van der Waals surface area contributed by atoms with E-state index in [1.165, 1.54) is 32.1 Å². The van der Waals surface area contributed by atoms with Crippen LogP contribution < -0.4 is 15.8 Å². The Bertz CT molecular complexity index is 379. The fourth-order valence-corrected chi connectivity index (χ4v) is 2.27. The van der Waals surface area contributed by atoms with E-state index in [1.807, 2.05) is 6.92 Å². The van der Waals surface area contributed by atoms with E-state index >= 15 is 0 Å². The van der Waals surface area contributed by atoms with Crippen molar-refractivity contribution in [2.24, 2.45) is 5.92 Å². The number of ether oxygens (including phenoxy) is 1. The van der Waals surface area contributed by atoms with E-state index in [4.69, 9.17) is 10.5 Å². The predicted molar refractivity (Wildman–Crippen MR) is 70.5 cm³/mol.